The molecule has 0 amide bonds. The Morgan fingerprint density at radius 1 is 1.35 bits per heavy atom. The van der Waals surface area contributed by atoms with Crippen LogP contribution in [0.1, 0.15) is 12.8 Å². The fourth-order valence-electron chi connectivity index (χ4n) is 2.02. The molecule has 124 valence electrons. The fraction of sp³-hybridized carbons (Fsp3) is 0.462. The molecule has 0 N–H and O–H groups in total. The molecule has 0 saturated carbocycles. The van der Waals surface area contributed by atoms with Crippen LogP contribution in [0, 0.1) is 20.2 Å². The summed E-state index contributed by atoms with van der Waals surface area (Å²) in [4.78, 5) is 32.0. The van der Waals surface area contributed by atoms with Crippen LogP contribution in [0.2, 0.25) is 0 Å². The molecule has 1 aromatic rings. The van der Waals surface area contributed by atoms with Crippen molar-refractivity contribution < 1.29 is 24.1 Å². The Hall–Kier alpha value is -2.20. The normalized spacial score (nSPS) is 17.0. The fourth-order valence-corrected chi connectivity index (χ4v) is 2.83. The number of esters is 1. The Morgan fingerprint density at radius 2 is 2.13 bits per heavy atom. The zero-order valence-electron chi connectivity index (χ0n) is 12.0. The summed E-state index contributed by atoms with van der Waals surface area (Å²) in [6.45, 7) is 0.827. The van der Waals surface area contributed by atoms with Crippen LogP contribution >= 0.6 is 11.8 Å². The van der Waals surface area contributed by atoms with Gasteiger partial charge in [0.2, 0.25) is 0 Å². The number of nitrogens with zero attached hydrogens (tertiary/aromatic N) is 2. The zero-order chi connectivity index (χ0) is 16.8. The van der Waals surface area contributed by atoms with E-state index in [1.54, 1.807) is 0 Å². The molecule has 1 aromatic carbocycles. The molecule has 10 heteroatoms. The highest BCUT2D eigenvalue weighted by molar-refractivity contribution is 8.00. The lowest BCUT2D eigenvalue weighted by atomic mass is 10.2. The number of hydrogen-bond donors (Lipinski definition) is 0. The van der Waals surface area contributed by atoms with Crippen LogP contribution in [0.25, 0.3) is 0 Å². The summed E-state index contributed by atoms with van der Waals surface area (Å²) in [5.41, 5.74) is -0.780. The van der Waals surface area contributed by atoms with Crippen molar-refractivity contribution in [1.29, 1.82) is 0 Å². The predicted molar refractivity (Wildman–Crippen MR) is 80.4 cm³/mol. The minimum Gasteiger partial charge on any atom is -0.462 e. The van der Waals surface area contributed by atoms with Crippen LogP contribution in [0.5, 0.6) is 0 Å². The van der Waals surface area contributed by atoms with Crippen LogP contribution in [0.4, 0.5) is 11.4 Å². The number of carbonyl (C=O) groups is 1. The number of rotatable bonds is 7. The third-order valence-corrected chi connectivity index (χ3v) is 4.19. The van der Waals surface area contributed by atoms with Crippen molar-refractivity contribution in [2.24, 2.45) is 0 Å². The monoisotopic (exact) mass is 342 g/mol. The van der Waals surface area contributed by atoms with Crippen molar-refractivity contribution in [3.8, 4) is 0 Å². The number of thioether (sulfide) groups is 1. The highest BCUT2D eigenvalue weighted by atomic mass is 32.2. The van der Waals surface area contributed by atoms with Crippen LogP contribution in [-0.2, 0) is 14.3 Å². The van der Waals surface area contributed by atoms with E-state index >= 15 is 0 Å². The average Bonchev–Trinajstić information content (AvgIpc) is 3.03. The molecular formula is C13H14N2O7S. The van der Waals surface area contributed by atoms with Crippen molar-refractivity contribution in [2.45, 2.75) is 23.8 Å². The molecule has 0 aliphatic carbocycles. The van der Waals surface area contributed by atoms with Gasteiger partial charge in [-0.2, -0.15) is 0 Å². The number of benzene rings is 1. The van der Waals surface area contributed by atoms with Crippen LogP contribution in [0.3, 0.4) is 0 Å². The molecule has 0 bridgehead atoms. The van der Waals surface area contributed by atoms with Crippen molar-refractivity contribution in [1.82, 2.24) is 0 Å². The number of nitro groups is 2. The van der Waals surface area contributed by atoms with Gasteiger partial charge < -0.3 is 9.47 Å². The predicted octanol–water partition coefficient (Wildman–Crippen LogP) is 2.32. The van der Waals surface area contributed by atoms with Gasteiger partial charge in [-0.1, -0.05) is 0 Å². The quantitative estimate of drug-likeness (QED) is 0.320. The van der Waals surface area contributed by atoms with E-state index in [0.29, 0.717) is 6.61 Å². The number of hydrogen-bond acceptors (Lipinski definition) is 8. The van der Waals surface area contributed by atoms with Gasteiger partial charge in [0.25, 0.3) is 11.4 Å². The van der Waals surface area contributed by atoms with E-state index in [0.717, 1.165) is 36.7 Å². The van der Waals surface area contributed by atoms with Crippen molar-refractivity contribution in [3.63, 3.8) is 0 Å². The lowest BCUT2D eigenvalue weighted by molar-refractivity contribution is -0.396. The summed E-state index contributed by atoms with van der Waals surface area (Å²) >= 11 is 0.907. The Labute approximate surface area is 135 Å². The van der Waals surface area contributed by atoms with Gasteiger partial charge in [-0.15, -0.1) is 11.8 Å². The average molecular weight is 342 g/mol. The molecule has 0 unspecified atom stereocenters. The largest absolute Gasteiger partial charge is 0.462 e. The van der Waals surface area contributed by atoms with E-state index in [4.69, 9.17) is 9.47 Å². The minimum atomic E-state index is -0.715. The van der Waals surface area contributed by atoms with Crippen LogP contribution < -0.4 is 0 Å². The van der Waals surface area contributed by atoms with E-state index in [9.17, 15) is 25.0 Å². The molecule has 0 aromatic heterocycles. The van der Waals surface area contributed by atoms with Gasteiger partial charge >= 0.3 is 5.97 Å². The maximum Gasteiger partial charge on any atom is 0.316 e. The molecule has 1 atom stereocenters. The molecule has 1 aliphatic heterocycles. The maximum absolute atomic E-state index is 11.7. The molecule has 1 aliphatic rings. The highest BCUT2D eigenvalue weighted by Crippen LogP contribution is 2.32. The smallest absolute Gasteiger partial charge is 0.316 e. The van der Waals surface area contributed by atoms with Crippen LogP contribution in [0.15, 0.2) is 23.1 Å². The minimum absolute atomic E-state index is 0.0855. The van der Waals surface area contributed by atoms with Gasteiger partial charge in [0, 0.05) is 12.7 Å². The van der Waals surface area contributed by atoms with Gasteiger partial charge in [-0.25, -0.2) is 0 Å². The summed E-state index contributed by atoms with van der Waals surface area (Å²) < 4.78 is 10.4. The molecule has 0 spiro atoms. The topological polar surface area (TPSA) is 122 Å². The van der Waals surface area contributed by atoms with Gasteiger partial charge in [0.05, 0.1) is 32.7 Å². The first-order chi connectivity index (χ1) is 11.0. The van der Waals surface area contributed by atoms with E-state index < -0.39 is 21.5 Å². The maximum atomic E-state index is 11.7. The second kappa shape index (κ2) is 7.88. The molecule has 23 heavy (non-hydrogen) atoms. The number of ether oxygens (including phenoxy) is 2. The van der Waals surface area contributed by atoms with Gasteiger partial charge in [0.15, 0.2) is 0 Å². The summed E-state index contributed by atoms with van der Waals surface area (Å²) in [6.07, 6.45) is 1.69. The standard InChI is InChI=1S/C13H14N2O7S/c16-13(22-7-10-2-1-5-21-10)8-23-12-4-3-9(14(17)18)6-11(12)15(19)20/h3-4,6,10H,1-2,5,7-8H2/t10-/m0/s1. The SMILES string of the molecule is O=C(CSc1ccc([N+](=O)[O-])cc1[N+](=O)[O-])OC[C@@H]1CCCO1. The molecule has 9 nitrogen and oxygen atoms in total. The van der Waals surface area contributed by atoms with Crippen molar-refractivity contribution in [3.05, 3.63) is 38.4 Å². The van der Waals surface area contributed by atoms with Crippen LogP contribution in [-0.4, -0.2) is 40.9 Å². The summed E-state index contributed by atoms with van der Waals surface area (Å²) in [6, 6.07) is 3.29. The number of non-ortho nitro benzene ring substituents is 1. The first-order valence-electron chi connectivity index (χ1n) is 6.80. The summed E-state index contributed by atoms with van der Waals surface area (Å²) in [5.74, 6) is -0.635. The Bertz CT molecular complexity index is 616. The van der Waals surface area contributed by atoms with Gasteiger partial charge in [-0.05, 0) is 18.9 Å². The summed E-state index contributed by atoms with van der Waals surface area (Å²) in [7, 11) is 0. The highest BCUT2D eigenvalue weighted by Gasteiger charge is 2.21. The molecular weight excluding hydrogens is 328 g/mol. The second-order valence-corrected chi connectivity index (χ2v) is 5.79. The summed E-state index contributed by atoms with van der Waals surface area (Å²) in [5, 5.41) is 21.6. The molecule has 1 heterocycles. The third kappa shape index (κ3) is 4.89. The van der Waals surface area contributed by atoms with E-state index in [1.807, 2.05) is 0 Å². The molecule has 2 rings (SSSR count). The van der Waals surface area contributed by atoms with Crippen molar-refractivity contribution >= 4 is 29.1 Å². The zero-order valence-corrected chi connectivity index (χ0v) is 12.8. The van der Waals surface area contributed by atoms with E-state index in [-0.39, 0.29) is 29.0 Å². The molecule has 1 saturated heterocycles. The number of nitro benzene ring substituents is 2. The van der Waals surface area contributed by atoms with E-state index in [2.05, 4.69) is 0 Å². The van der Waals surface area contributed by atoms with E-state index in [1.165, 1.54) is 6.07 Å². The molecule has 0 radical (unpaired) electrons. The lowest BCUT2D eigenvalue weighted by Gasteiger charge is -2.10. The first-order valence-corrected chi connectivity index (χ1v) is 7.79. The Kier molecular flexibility index (Phi) is 5.88. The van der Waals surface area contributed by atoms with Crippen molar-refractivity contribution in [2.75, 3.05) is 19.0 Å². The van der Waals surface area contributed by atoms with Gasteiger partial charge in [0.1, 0.15) is 6.61 Å². The third-order valence-electron chi connectivity index (χ3n) is 3.15. The number of carbonyl (C=O) groups excluding carboxylic acids is 1. The Morgan fingerprint density at radius 3 is 2.74 bits per heavy atom. The second-order valence-electron chi connectivity index (χ2n) is 4.77. The lowest BCUT2D eigenvalue weighted by Crippen LogP contribution is -2.18. The first kappa shape index (κ1) is 17.2. The molecule has 1 fully saturated rings. The van der Waals surface area contributed by atoms with Gasteiger partial charge in [-0.3, -0.25) is 25.0 Å². The Balaban J connectivity index is 1.92.